The van der Waals surface area contributed by atoms with Crippen molar-refractivity contribution in [2.75, 3.05) is 13.2 Å². The Balaban J connectivity index is 2.62. The fraction of sp³-hybridized carbons (Fsp3) is 1.00. The van der Waals surface area contributed by atoms with Gasteiger partial charge in [-0.25, -0.2) is 0 Å². The van der Waals surface area contributed by atoms with Crippen molar-refractivity contribution in [3.63, 3.8) is 0 Å². The topological polar surface area (TPSA) is 21.3 Å². The van der Waals surface area contributed by atoms with Crippen molar-refractivity contribution in [1.82, 2.24) is 5.32 Å². The summed E-state index contributed by atoms with van der Waals surface area (Å²) in [5, 5.41) is 3.29. The lowest BCUT2D eigenvalue weighted by Crippen LogP contribution is -2.51. The van der Waals surface area contributed by atoms with E-state index in [1.54, 1.807) is 0 Å². The van der Waals surface area contributed by atoms with Gasteiger partial charge in [-0.3, -0.25) is 0 Å². The fourth-order valence-corrected chi connectivity index (χ4v) is 2.32. The van der Waals surface area contributed by atoms with Crippen molar-refractivity contribution in [2.24, 2.45) is 5.92 Å². The Morgan fingerprint density at radius 1 is 1.16 bits per heavy atom. The van der Waals surface area contributed by atoms with Crippen LogP contribution in [-0.4, -0.2) is 30.5 Å². The van der Waals surface area contributed by atoms with Crippen molar-refractivity contribution in [1.29, 1.82) is 0 Å². The molecule has 0 radical (unpaired) electrons. The van der Waals surface area contributed by atoms with Crippen LogP contribution in [0.5, 0.6) is 0 Å². The molecule has 0 aliphatic heterocycles. The Labute approximate surface area is 114 Å². The van der Waals surface area contributed by atoms with Crippen LogP contribution in [0.2, 0.25) is 0 Å². The molecule has 1 rings (SSSR count). The average Bonchev–Trinajstić information content (AvgIpc) is 2.25. The van der Waals surface area contributed by atoms with Gasteiger partial charge in [0.05, 0.1) is 5.60 Å². The van der Waals surface area contributed by atoms with Crippen LogP contribution in [0.25, 0.3) is 0 Å². The number of halogens is 3. The van der Waals surface area contributed by atoms with Crippen LogP contribution in [-0.2, 0) is 4.74 Å². The van der Waals surface area contributed by atoms with Crippen molar-refractivity contribution >= 4 is 0 Å². The van der Waals surface area contributed by atoms with Gasteiger partial charge in [-0.1, -0.05) is 6.92 Å². The van der Waals surface area contributed by atoms with Gasteiger partial charge in [0.2, 0.25) is 0 Å². The number of rotatable bonds is 4. The minimum atomic E-state index is -4.25. The van der Waals surface area contributed by atoms with Crippen LogP contribution in [0.3, 0.4) is 0 Å². The zero-order chi connectivity index (χ0) is 14.7. The van der Waals surface area contributed by atoms with Crippen LogP contribution in [0.15, 0.2) is 0 Å². The summed E-state index contributed by atoms with van der Waals surface area (Å²) < 4.78 is 42.4. The minimum Gasteiger partial charge on any atom is -0.364 e. The second kappa shape index (κ2) is 6.00. The molecule has 0 saturated heterocycles. The van der Waals surface area contributed by atoms with Gasteiger partial charge in [-0.2, -0.15) is 13.2 Å². The molecule has 1 aliphatic carbocycles. The molecular formula is C14H26F3NO. The van der Waals surface area contributed by atoms with Gasteiger partial charge < -0.3 is 10.1 Å². The van der Waals surface area contributed by atoms with Gasteiger partial charge in [-0.15, -0.1) is 0 Å². The summed E-state index contributed by atoms with van der Waals surface area (Å²) in [6, 6.07) is 0. The predicted molar refractivity (Wildman–Crippen MR) is 70.1 cm³/mol. The molecule has 0 atom stereocenters. The first-order chi connectivity index (χ1) is 8.52. The van der Waals surface area contributed by atoms with Crippen LogP contribution >= 0.6 is 0 Å². The molecule has 1 aliphatic rings. The molecule has 114 valence electrons. The third-order valence-electron chi connectivity index (χ3n) is 3.67. The molecule has 0 aromatic heterocycles. The Morgan fingerprint density at radius 2 is 1.68 bits per heavy atom. The second-order valence-electron chi connectivity index (χ2n) is 6.87. The summed E-state index contributed by atoms with van der Waals surface area (Å²) in [6.45, 7) is 7.51. The predicted octanol–water partition coefficient (Wildman–Crippen LogP) is 3.90. The van der Waals surface area contributed by atoms with E-state index in [1.807, 2.05) is 20.8 Å². The van der Waals surface area contributed by atoms with Crippen LogP contribution in [0.4, 0.5) is 13.2 Å². The average molecular weight is 281 g/mol. The number of hydrogen-bond acceptors (Lipinski definition) is 2. The molecule has 0 aromatic carbocycles. The van der Waals surface area contributed by atoms with E-state index in [0.717, 1.165) is 12.8 Å². The highest BCUT2D eigenvalue weighted by Gasteiger charge is 2.39. The SMILES string of the molecule is CC1CCC(CNC(C)(C)C)(OCC(F)(F)F)CC1. The molecule has 0 bridgehead atoms. The normalized spacial score (nSPS) is 29.5. The molecule has 2 nitrogen and oxygen atoms in total. The molecular weight excluding hydrogens is 255 g/mol. The molecule has 0 unspecified atom stereocenters. The third-order valence-corrected chi connectivity index (χ3v) is 3.67. The summed E-state index contributed by atoms with van der Waals surface area (Å²) in [4.78, 5) is 0. The van der Waals surface area contributed by atoms with E-state index in [1.165, 1.54) is 0 Å². The van der Waals surface area contributed by atoms with Crippen LogP contribution in [0, 0.1) is 5.92 Å². The lowest BCUT2D eigenvalue weighted by atomic mass is 9.79. The zero-order valence-corrected chi connectivity index (χ0v) is 12.4. The highest BCUT2D eigenvalue weighted by Crippen LogP contribution is 2.36. The molecule has 0 heterocycles. The Hall–Kier alpha value is -0.290. The molecule has 19 heavy (non-hydrogen) atoms. The van der Waals surface area contributed by atoms with Crippen LogP contribution < -0.4 is 5.32 Å². The van der Waals surface area contributed by atoms with E-state index in [4.69, 9.17) is 4.74 Å². The van der Waals surface area contributed by atoms with Crippen molar-refractivity contribution in [3.05, 3.63) is 0 Å². The van der Waals surface area contributed by atoms with Crippen molar-refractivity contribution in [2.45, 2.75) is 70.7 Å². The van der Waals surface area contributed by atoms with Crippen molar-refractivity contribution < 1.29 is 17.9 Å². The maximum atomic E-state index is 12.4. The Morgan fingerprint density at radius 3 is 2.11 bits per heavy atom. The zero-order valence-electron chi connectivity index (χ0n) is 12.4. The number of ether oxygens (including phenoxy) is 1. The van der Waals surface area contributed by atoms with Gasteiger partial charge in [0.15, 0.2) is 0 Å². The summed E-state index contributed by atoms with van der Waals surface area (Å²) in [7, 11) is 0. The number of nitrogens with one attached hydrogen (secondary N) is 1. The van der Waals surface area contributed by atoms with Crippen molar-refractivity contribution in [3.8, 4) is 0 Å². The van der Waals surface area contributed by atoms with Crippen LogP contribution in [0.1, 0.15) is 53.4 Å². The van der Waals surface area contributed by atoms with E-state index >= 15 is 0 Å². The second-order valence-corrected chi connectivity index (χ2v) is 6.87. The molecule has 0 spiro atoms. The largest absolute Gasteiger partial charge is 0.411 e. The van der Waals surface area contributed by atoms with E-state index in [-0.39, 0.29) is 5.54 Å². The van der Waals surface area contributed by atoms with E-state index in [2.05, 4.69) is 12.2 Å². The van der Waals surface area contributed by atoms with Gasteiger partial charge >= 0.3 is 6.18 Å². The number of hydrogen-bond donors (Lipinski definition) is 1. The summed E-state index contributed by atoms with van der Waals surface area (Å²) >= 11 is 0. The van der Waals surface area contributed by atoms with Gasteiger partial charge in [-0.05, 0) is 52.4 Å². The fourth-order valence-electron chi connectivity index (χ4n) is 2.32. The number of alkyl halides is 3. The third kappa shape index (κ3) is 6.61. The van der Waals surface area contributed by atoms with E-state index < -0.39 is 18.4 Å². The first-order valence-corrected chi connectivity index (χ1v) is 6.97. The maximum absolute atomic E-state index is 12.4. The van der Waals surface area contributed by atoms with Gasteiger partial charge in [0, 0.05) is 12.1 Å². The molecule has 1 saturated carbocycles. The van der Waals surface area contributed by atoms with E-state index in [0.29, 0.717) is 25.3 Å². The molecule has 0 amide bonds. The lowest BCUT2D eigenvalue weighted by molar-refractivity contribution is -0.211. The Kier molecular flexibility index (Phi) is 5.29. The highest BCUT2D eigenvalue weighted by molar-refractivity contribution is 4.90. The first-order valence-electron chi connectivity index (χ1n) is 6.97. The summed E-state index contributed by atoms with van der Waals surface area (Å²) in [5.74, 6) is 0.581. The maximum Gasteiger partial charge on any atom is 0.411 e. The monoisotopic (exact) mass is 281 g/mol. The quantitative estimate of drug-likeness (QED) is 0.843. The highest BCUT2D eigenvalue weighted by atomic mass is 19.4. The molecule has 1 fully saturated rings. The lowest BCUT2D eigenvalue weighted by Gasteiger charge is -2.41. The minimum absolute atomic E-state index is 0.113. The summed E-state index contributed by atoms with van der Waals surface area (Å²) in [6.07, 6.45) is -0.980. The van der Waals surface area contributed by atoms with Gasteiger partial charge in [0.25, 0.3) is 0 Å². The smallest absolute Gasteiger partial charge is 0.364 e. The molecule has 0 aromatic rings. The first kappa shape index (κ1) is 16.8. The van der Waals surface area contributed by atoms with Gasteiger partial charge in [0.1, 0.15) is 6.61 Å². The summed E-state index contributed by atoms with van der Waals surface area (Å²) in [5.41, 5.74) is -0.771. The molecule has 5 heteroatoms. The Bertz CT molecular complexity index is 255. The standard InChI is InChI=1S/C14H26F3NO/c1-11-5-7-13(8-6-11,9-18-12(2,3)4)19-10-14(15,16)17/h11,18H,5-10H2,1-4H3. The molecule has 1 N–H and O–H groups in total. The van der Waals surface area contributed by atoms with E-state index in [9.17, 15) is 13.2 Å².